The number of carbonyl (C=O) groups is 1. The van der Waals surface area contributed by atoms with Crippen LogP contribution in [0.1, 0.15) is 19.3 Å². The van der Waals surface area contributed by atoms with Crippen LogP contribution in [-0.2, 0) is 9.53 Å². The van der Waals surface area contributed by atoms with Crippen molar-refractivity contribution in [3.63, 3.8) is 0 Å². The molecule has 1 unspecified atom stereocenters. The Balaban J connectivity index is 1.71. The fourth-order valence-electron chi connectivity index (χ4n) is 3.08. The summed E-state index contributed by atoms with van der Waals surface area (Å²) in [6.07, 6.45) is 2.72. The average Bonchev–Trinajstić information content (AvgIpc) is 3.01. The Morgan fingerprint density at radius 2 is 2.23 bits per heavy atom. The van der Waals surface area contributed by atoms with E-state index >= 15 is 0 Å². The van der Waals surface area contributed by atoms with Crippen molar-refractivity contribution >= 4 is 28.9 Å². The fraction of sp³-hybridized carbons (Fsp3) is 0.562. The van der Waals surface area contributed by atoms with Crippen LogP contribution in [0.5, 0.6) is 0 Å². The van der Waals surface area contributed by atoms with Crippen molar-refractivity contribution in [3.8, 4) is 0 Å². The molecule has 1 aromatic rings. The van der Waals surface area contributed by atoms with Gasteiger partial charge < -0.3 is 20.3 Å². The van der Waals surface area contributed by atoms with Crippen molar-refractivity contribution in [1.82, 2.24) is 5.32 Å². The van der Waals surface area contributed by atoms with Gasteiger partial charge >= 0.3 is 0 Å². The summed E-state index contributed by atoms with van der Waals surface area (Å²) < 4.78 is 5.39. The smallest absolute Gasteiger partial charge is 0.225 e. The maximum absolute atomic E-state index is 12.3. The van der Waals surface area contributed by atoms with E-state index in [1.165, 1.54) is 0 Å². The van der Waals surface area contributed by atoms with Crippen LogP contribution in [0.4, 0.5) is 11.4 Å². The molecule has 0 bridgehead atoms. The summed E-state index contributed by atoms with van der Waals surface area (Å²) in [5.74, 6) is 0.0381. The first-order chi connectivity index (χ1) is 10.7. The quantitative estimate of drug-likeness (QED) is 0.892. The maximum atomic E-state index is 12.3. The van der Waals surface area contributed by atoms with Gasteiger partial charge in [-0.2, -0.15) is 0 Å². The molecule has 0 radical (unpaired) electrons. The van der Waals surface area contributed by atoms with E-state index in [2.05, 4.69) is 15.5 Å². The number of benzene rings is 1. The average molecular weight is 324 g/mol. The molecule has 1 atom stereocenters. The number of hydrogen-bond donors (Lipinski definition) is 2. The molecular weight excluding hydrogens is 302 g/mol. The highest BCUT2D eigenvalue weighted by Crippen LogP contribution is 2.34. The molecule has 120 valence electrons. The van der Waals surface area contributed by atoms with Crippen molar-refractivity contribution in [2.75, 3.05) is 43.1 Å². The largest absolute Gasteiger partial charge is 0.378 e. The number of anilines is 2. The summed E-state index contributed by atoms with van der Waals surface area (Å²) in [6.45, 7) is 3.96. The molecule has 6 heteroatoms. The zero-order valence-corrected chi connectivity index (χ0v) is 13.4. The van der Waals surface area contributed by atoms with Gasteiger partial charge in [-0.15, -0.1) is 0 Å². The Morgan fingerprint density at radius 3 is 2.95 bits per heavy atom. The molecule has 1 amide bonds. The van der Waals surface area contributed by atoms with E-state index in [0.29, 0.717) is 30.7 Å². The van der Waals surface area contributed by atoms with Crippen LogP contribution in [0, 0.1) is 0 Å². The second-order valence-corrected chi connectivity index (χ2v) is 6.19. The number of rotatable bonds is 4. The van der Waals surface area contributed by atoms with Crippen LogP contribution in [0.3, 0.4) is 0 Å². The molecule has 2 heterocycles. The SMILES string of the molecule is O=C(CC1CCCN1)Nc1cccc(Cl)c1N1CCOCC1. The van der Waals surface area contributed by atoms with Gasteiger partial charge in [0.15, 0.2) is 0 Å². The van der Waals surface area contributed by atoms with E-state index in [1.54, 1.807) is 0 Å². The standard InChI is InChI=1S/C16H22ClN3O2/c17-13-4-1-5-14(16(13)20-7-9-22-10-8-20)19-15(21)11-12-3-2-6-18-12/h1,4-5,12,18H,2-3,6-11H2,(H,19,21). The van der Waals surface area contributed by atoms with Gasteiger partial charge in [-0.05, 0) is 31.5 Å². The molecule has 0 aromatic heterocycles. The first-order valence-corrected chi connectivity index (χ1v) is 8.26. The van der Waals surface area contributed by atoms with Gasteiger partial charge in [0.2, 0.25) is 5.91 Å². The van der Waals surface area contributed by atoms with E-state index in [0.717, 1.165) is 43.9 Å². The number of nitrogens with one attached hydrogen (secondary N) is 2. The van der Waals surface area contributed by atoms with Gasteiger partial charge in [-0.25, -0.2) is 0 Å². The molecule has 2 N–H and O–H groups in total. The first-order valence-electron chi connectivity index (χ1n) is 7.88. The summed E-state index contributed by atoms with van der Waals surface area (Å²) >= 11 is 6.37. The topological polar surface area (TPSA) is 53.6 Å². The zero-order valence-electron chi connectivity index (χ0n) is 12.6. The lowest BCUT2D eigenvalue weighted by atomic mass is 10.1. The highest BCUT2D eigenvalue weighted by Gasteiger charge is 2.21. The van der Waals surface area contributed by atoms with Crippen molar-refractivity contribution < 1.29 is 9.53 Å². The molecular formula is C16H22ClN3O2. The predicted octanol–water partition coefficient (Wildman–Crippen LogP) is 2.26. The second kappa shape index (κ2) is 7.31. The molecule has 2 saturated heterocycles. The van der Waals surface area contributed by atoms with Crippen molar-refractivity contribution in [2.45, 2.75) is 25.3 Å². The van der Waals surface area contributed by atoms with Crippen LogP contribution in [0.2, 0.25) is 5.02 Å². The van der Waals surface area contributed by atoms with Crippen LogP contribution in [-0.4, -0.2) is 44.8 Å². The normalized spacial score (nSPS) is 21.9. The van der Waals surface area contributed by atoms with Gasteiger partial charge in [0.05, 0.1) is 29.6 Å². The Bertz CT molecular complexity index is 526. The minimum absolute atomic E-state index is 0.0381. The highest BCUT2D eigenvalue weighted by atomic mass is 35.5. The van der Waals surface area contributed by atoms with E-state index < -0.39 is 0 Å². The van der Waals surface area contributed by atoms with Crippen LogP contribution in [0.15, 0.2) is 18.2 Å². The molecule has 0 saturated carbocycles. The third-order valence-corrected chi connectivity index (χ3v) is 4.49. The van der Waals surface area contributed by atoms with Gasteiger partial charge in [-0.3, -0.25) is 4.79 Å². The number of amides is 1. The predicted molar refractivity (Wildman–Crippen MR) is 88.8 cm³/mol. The third kappa shape index (κ3) is 3.72. The number of nitrogens with zero attached hydrogens (tertiary/aromatic N) is 1. The molecule has 2 aliphatic heterocycles. The molecule has 5 nitrogen and oxygen atoms in total. The maximum Gasteiger partial charge on any atom is 0.225 e. The number of hydrogen-bond acceptors (Lipinski definition) is 4. The third-order valence-electron chi connectivity index (χ3n) is 4.18. The number of para-hydroxylation sites is 1. The highest BCUT2D eigenvalue weighted by molar-refractivity contribution is 6.34. The minimum Gasteiger partial charge on any atom is -0.378 e. The molecule has 2 fully saturated rings. The van der Waals surface area contributed by atoms with Crippen LogP contribution in [0.25, 0.3) is 0 Å². The van der Waals surface area contributed by atoms with Crippen molar-refractivity contribution in [2.24, 2.45) is 0 Å². The monoisotopic (exact) mass is 323 g/mol. The lowest BCUT2D eigenvalue weighted by Crippen LogP contribution is -2.37. The Morgan fingerprint density at radius 1 is 1.41 bits per heavy atom. The Kier molecular flexibility index (Phi) is 5.18. The summed E-state index contributed by atoms with van der Waals surface area (Å²) in [5, 5.41) is 7.04. The molecule has 3 rings (SSSR count). The molecule has 22 heavy (non-hydrogen) atoms. The number of carbonyl (C=O) groups excluding carboxylic acids is 1. The number of morpholine rings is 1. The summed E-state index contributed by atoms with van der Waals surface area (Å²) in [4.78, 5) is 14.5. The Hall–Kier alpha value is -1.30. The van der Waals surface area contributed by atoms with Gasteiger partial charge in [-0.1, -0.05) is 17.7 Å². The fourth-order valence-corrected chi connectivity index (χ4v) is 3.37. The van der Waals surface area contributed by atoms with Crippen molar-refractivity contribution in [1.29, 1.82) is 0 Å². The van der Waals surface area contributed by atoms with E-state index in [4.69, 9.17) is 16.3 Å². The lowest BCUT2D eigenvalue weighted by molar-refractivity contribution is -0.116. The van der Waals surface area contributed by atoms with E-state index in [-0.39, 0.29) is 5.91 Å². The molecule has 1 aromatic carbocycles. The number of ether oxygens (including phenoxy) is 1. The summed E-state index contributed by atoms with van der Waals surface area (Å²) in [6, 6.07) is 5.94. The van der Waals surface area contributed by atoms with Crippen LogP contribution < -0.4 is 15.5 Å². The molecule has 0 aliphatic carbocycles. The summed E-state index contributed by atoms with van der Waals surface area (Å²) in [5.41, 5.74) is 1.69. The molecule has 0 spiro atoms. The van der Waals surface area contributed by atoms with E-state index in [9.17, 15) is 4.79 Å². The van der Waals surface area contributed by atoms with Crippen LogP contribution >= 0.6 is 11.6 Å². The first kappa shape index (κ1) is 15.6. The van der Waals surface area contributed by atoms with Gasteiger partial charge in [0.25, 0.3) is 0 Å². The minimum atomic E-state index is 0.0381. The molecule has 2 aliphatic rings. The number of halogens is 1. The summed E-state index contributed by atoms with van der Waals surface area (Å²) in [7, 11) is 0. The zero-order chi connectivity index (χ0) is 15.4. The Labute approximate surface area is 136 Å². The van der Waals surface area contributed by atoms with Gasteiger partial charge in [0, 0.05) is 25.6 Å². The lowest BCUT2D eigenvalue weighted by Gasteiger charge is -2.31. The van der Waals surface area contributed by atoms with Crippen molar-refractivity contribution in [3.05, 3.63) is 23.2 Å². The second-order valence-electron chi connectivity index (χ2n) is 5.78. The van der Waals surface area contributed by atoms with E-state index in [1.807, 2.05) is 18.2 Å². The van der Waals surface area contributed by atoms with Gasteiger partial charge in [0.1, 0.15) is 0 Å².